The summed E-state index contributed by atoms with van der Waals surface area (Å²) in [5.41, 5.74) is 2.32. The van der Waals surface area contributed by atoms with Gasteiger partial charge in [-0.1, -0.05) is 45.9 Å². The van der Waals surface area contributed by atoms with Crippen LogP contribution in [0.25, 0.3) is 0 Å². The zero-order valence-electron chi connectivity index (χ0n) is 16.0. The molecule has 2 fully saturated rings. The van der Waals surface area contributed by atoms with Gasteiger partial charge in [0.15, 0.2) is 0 Å². The number of thioether (sulfide) groups is 1. The molecule has 2 atom stereocenters. The van der Waals surface area contributed by atoms with E-state index in [-0.39, 0.29) is 5.24 Å². The number of carbonyl (C=O) groups excluding carboxylic acids is 1. The Balaban J connectivity index is 1.31. The second kappa shape index (κ2) is 8.89. The fourth-order valence-electron chi connectivity index (χ4n) is 4.11. The van der Waals surface area contributed by atoms with Crippen LogP contribution >= 0.6 is 27.7 Å². The molecule has 6 heteroatoms. The highest BCUT2D eigenvalue weighted by Gasteiger charge is 2.34. The average molecular weight is 461 g/mol. The largest absolute Gasteiger partial charge is 0.497 e. The first-order valence-corrected chi connectivity index (χ1v) is 11.4. The number of hydrogen-bond donors (Lipinski definition) is 0. The van der Waals surface area contributed by atoms with Gasteiger partial charge in [-0.15, -0.1) is 0 Å². The molecule has 4 nitrogen and oxygen atoms in total. The molecule has 0 saturated carbocycles. The lowest BCUT2D eigenvalue weighted by Crippen LogP contribution is -2.32. The Labute approximate surface area is 179 Å². The maximum Gasteiger partial charge on any atom is 0.286 e. The molecule has 2 heterocycles. The number of anilines is 1. The number of para-hydroxylation sites is 1. The minimum atomic E-state index is 0.173. The Morgan fingerprint density at radius 2 is 2.00 bits per heavy atom. The second-order valence-corrected chi connectivity index (χ2v) is 9.63. The van der Waals surface area contributed by atoms with Gasteiger partial charge in [0, 0.05) is 35.0 Å². The summed E-state index contributed by atoms with van der Waals surface area (Å²) in [6.45, 7) is 3.99. The van der Waals surface area contributed by atoms with E-state index in [9.17, 15) is 4.79 Å². The number of rotatable bonds is 6. The molecular formula is C22H25BrN2O2S. The van der Waals surface area contributed by atoms with Crippen molar-refractivity contribution in [2.45, 2.75) is 18.1 Å². The number of benzene rings is 2. The maximum absolute atomic E-state index is 12.4. The maximum atomic E-state index is 12.4. The van der Waals surface area contributed by atoms with Gasteiger partial charge >= 0.3 is 0 Å². The summed E-state index contributed by atoms with van der Waals surface area (Å²) >= 11 is 5.16. The number of amides is 1. The zero-order valence-corrected chi connectivity index (χ0v) is 18.4. The fraction of sp³-hybridized carbons (Fsp3) is 0.409. The Hall–Kier alpha value is -1.50. The molecule has 0 aromatic heterocycles. The van der Waals surface area contributed by atoms with Crippen LogP contribution in [0.5, 0.6) is 5.75 Å². The summed E-state index contributed by atoms with van der Waals surface area (Å²) in [5.74, 6) is 1.56. The molecule has 2 unspecified atom stereocenters. The van der Waals surface area contributed by atoms with E-state index in [0.29, 0.717) is 11.2 Å². The van der Waals surface area contributed by atoms with Crippen LogP contribution in [0.15, 0.2) is 53.0 Å². The summed E-state index contributed by atoms with van der Waals surface area (Å²) in [6, 6.07) is 16.2. The third-order valence-corrected chi connectivity index (χ3v) is 7.36. The van der Waals surface area contributed by atoms with Crippen LogP contribution in [-0.2, 0) is 6.42 Å². The van der Waals surface area contributed by atoms with E-state index in [1.54, 1.807) is 7.11 Å². The van der Waals surface area contributed by atoms with E-state index in [1.165, 1.54) is 23.7 Å². The highest BCUT2D eigenvalue weighted by Crippen LogP contribution is 2.33. The number of nitrogens with zero attached hydrogens (tertiary/aromatic N) is 2. The fourth-order valence-corrected chi connectivity index (χ4v) is 5.62. The highest BCUT2D eigenvalue weighted by molar-refractivity contribution is 9.10. The Bertz CT molecular complexity index is 833. The van der Waals surface area contributed by atoms with Crippen molar-refractivity contribution >= 4 is 38.6 Å². The van der Waals surface area contributed by atoms with Gasteiger partial charge in [0.2, 0.25) is 0 Å². The van der Waals surface area contributed by atoms with E-state index >= 15 is 0 Å². The summed E-state index contributed by atoms with van der Waals surface area (Å²) in [5, 5.41) is 0.516. The predicted molar refractivity (Wildman–Crippen MR) is 120 cm³/mol. The number of carbonyl (C=O) groups is 1. The molecule has 0 bridgehead atoms. The normalized spacial score (nSPS) is 22.8. The zero-order chi connectivity index (χ0) is 19.5. The molecule has 28 heavy (non-hydrogen) atoms. The average Bonchev–Trinajstić information content (AvgIpc) is 3.30. The van der Waals surface area contributed by atoms with E-state index in [2.05, 4.69) is 33.0 Å². The SMILES string of the molecule is COc1ccc(Br)c(CC2CCN(CC3CN(c4ccccc4)C(=O)S3)C2)c1. The van der Waals surface area contributed by atoms with Crippen molar-refractivity contribution < 1.29 is 9.53 Å². The van der Waals surface area contributed by atoms with Gasteiger partial charge in [0.05, 0.1) is 7.11 Å². The van der Waals surface area contributed by atoms with E-state index < -0.39 is 0 Å². The first-order chi connectivity index (χ1) is 13.6. The number of hydrogen-bond acceptors (Lipinski definition) is 4. The number of halogens is 1. The molecule has 0 radical (unpaired) electrons. The minimum Gasteiger partial charge on any atom is -0.497 e. The van der Waals surface area contributed by atoms with Crippen molar-refractivity contribution in [2.24, 2.45) is 5.92 Å². The smallest absolute Gasteiger partial charge is 0.286 e. The van der Waals surface area contributed by atoms with Crippen molar-refractivity contribution in [1.29, 1.82) is 0 Å². The topological polar surface area (TPSA) is 32.8 Å². The molecule has 0 aliphatic carbocycles. The van der Waals surface area contributed by atoms with Gasteiger partial charge < -0.3 is 14.5 Å². The Kier molecular flexibility index (Phi) is 6.28. The van der Waals surface area contributed by atoms with Crippen LogP contribution in [0.3, 0.4) is 0 Å². The van der Waals surface area contributed by atoms with Gasteiger partial charge in [0.25, 0.3) is 5.24 Å². The van der Waals surface area contributed by atoms with Gasteiger partial charge in [-0.05, 0) is 61.2 Å². The van der Waals surface area contributed by atoms with Crippen LogP contribution in [0.1, 0.15) is 12.0 Å². The van der Waals surface area contributed by atoms with E-state index in [0.717, 1.165) is 48.5 Å². The number of likely N-dealkylation sites (tertiary alicyclic amines) is 1. The molecule has 4 rings (SSSR count). The molecular weight excluding hydrogens is 436 g/mol. The lowest BCUT2D eigenvalue weighted by atomic mass is 9.98. The number of methoxy groups -OCH3 is 1. The van der Waals surface area contributed by atoms with Crippen molar-refractivity contribution in [2.75, 3.05) is 38.2 Å². The van der Waals surface area contributed by atoms with Crippen molar-refractivity contribution in [3.63, 3.8) is 0 Å². The van der Waals surface area contributed by atoms with Crippen LogP contribution in [-0.4, -0.2) is 48.7 Å². The van der Waals surface area contributed by atoms with Crippen LogP contribution < -0.4 is 9.64 Å². The predicted octanol–water partition coefficient (Wildman–Crippen LogP) is 5.06. The number of ether oxygens (including phenoxy) is 1. The molecule has 1 amide bonds. The lowest BCUT2D eigenvalue weighted by Gasteiger charge is -2.20. The molecule has 2 aliphatic heterocycles. The van der Waals surface area contributed by atoms with E-state index in [1.807, 2.05) is 41.3 Å². The van der Waals surface area contributed by atoms with E-state index in [4.69, 9.17) is 4.74 Å². The molecule has 2 aromatic carbocycles. The standard InChI is InChI=1S/C22H25BrN2O2S/c1-27-19-7-8-21(23)17(12-19)11-16-9-10-24(13-16)14-20-15-25(22(26)28-20)18-5-3-2-4-6-18/h2-8,12,16,20H,9-11,13-15H2,1H3. The molecule has 2 aromatic rings. The van der Waals surface area contributed by atoms with Gasteiger partial charge in [-0.2, -0.15) is 0 Å². The molecule has 0 N–H and O–H groups in total. The Morgan fingerprint density at radius 3 is 2.79 bits per heavy atom. The van der Waals surface area contributed by atoms with Gasteiger partial charge in [0.1, 0.15) is 5.75 Å². The lowest BCUT2D eigenvalue weighted by molar-refractivity contribution is 0.266. The van der Waals surface area contributed by atoms with Crippen LogP contribution in [0, 0.1) is 5.92 Å². The second-order valence-electron chi connectivity index (χ2n) is 7.53. The quantitative estimate of drug-likeness (QED) is 0.602. The van der Waals surface area contributed by atoms with Crippen molar-refractivity contribution in [3.8, 4) is 5.75 Å². The highest BCUT2D eigenvalue weighted by atomic mass is 79.9. The molecule has 0 spiro atoms. The molecule has 2 saturated heterocycles. The summed E-state index contributed by atoms with van der Waals surface area (Å²) in [6.07, 6.45) is 2.26. The molecule has 2 aliphatic rings. The summed E-state index contributed by atoms with van der Waals surface area (Å²) in [7, 11) is 1.71. The van der Waals surface area contributed by atoms with Crippen molar-refractivity contribution in [3.05, 3.63) is 58.6 Å². The first kappa shape index (κ1) is 19.8. The minimum absolute atomic E-state index is 0.173. The third-order valence-electron chi connectivity index (χ3n) is 5.54. The summed E-state index contributed by atoms with van der Waals surface area (Å²) < 4.78 is 6.52. The summed E-state index contributed by atoms with van der Waals surface area (Å²) in [4.78, 5) is 16.9. The molecule has 148 valence electrons. The first-order valence-electron chi connectivity index (χ1n) is 9.70. The Morgan fingerprint density at radius 1 is 1.18 bits per heavy atom. The van der Waals surface area contributed by atoms with Gasteiger partial charge in [-0.25, -0.2) is 0 Å². The van der Waals surface area contributed by atoms with Crippen LogP contribution in [0.4, 0.5) is 10.5 Å². The van der Waals surface area contributed by atoms with Crippen LogP contribution in [0.2, 0.25) is 0 Å². The van der Waals surface area contributed by atoms with Crippen molar-refractivity contribution in [1.82, 2.24) is 4.90 Å². The third kappa shape index (κ3) is 4.56. The monoisotopic (exact) mass is 460 g/mol. The van der Waals surface area contributed by atoms with Gasteiger partial charge in [-0.3, -0.25) is 4.79 Å².